The van der Waals surface area contributed by atoms with Crippen LogP contribution in [-0.2, 0) is 4.57 Å². The average Bonchev–Trinajstić information content (AvgIpc) is 2.91. The maximum Gasteiger partial charge on any atom is 0.728 e. The fourth-order valence-corrected chi connectivity index (χ4v) is 4.30. The third-order valence-corrected chi connectivity index (χ3v) is 6.52. The van der Waals surface area contributed by atoms with Crippen LogP contribution in [0.1, 0.15) is 11.1 Å². The number of ether oxygens (including phenoxy) is 2. The molecule has 0 spiro atoms. The van der Waals surface area contributed by atoms with Crippen LogP contribution in [0.2, 0.25) is 0 Å². The van der Waals surface area contributed by atoms with Gasteiger partial charge in [0.05, 0.1) is 25.9 Å². The lowest BCUT2D eigenvalue weighted by molar-refractivity contribution is -0.536. The van der Waals surface area contributed by atoms with Gasteiger partial charge in [-0.15, -0.1) is 5.75 Å². The van der Waals surface area contributed by atoms with Crippen LogP contribution < -0.4 is 28.0 Å². The molecule has 0 bridgehead atoms. The summed E-state index contributed by atoms with van der Waals surface area (Å²) in [7, 11) is -0.589. The molecule has 36 heavy (non-hydrogen) atoms. The molecule has 0 aliphatic rings. The van der Waals surface area contributed by atoms with Gasteiger partial charge in [-0.3, -0.25) is 0 Å². The molecule has 184 valence electrons. The van der Waals surface area contributed by atoms with Crippen molar-refractivity contribution in [2.45, 2.75) is 6.92 Å². The number of hydrogen-bond acceptors (Lipinski definition) is 7. The predicted octanol–water partition coefficient (Wildman–Crippen LogP) is 5.05. The molecule has 0 unspecified atom stereocenters. The highest BCUT2D eigenvalue weighted by molar-refractivity contribution is 7.47. The lowest BCUT2D eigenvalue weighted by Crippen LogP contribution is -2.35. The third-order valence-electron chi connectivity index (χ3n) is 4.81. The topological polar surface area (TPSA) is 105 Å². The fourth-order valence-electron chi connectivity index (χ4n) is 2.84. The number of hydrogen-bond donors (Lipinski definition) is 0. The van der Waals surface area contributed by atoms with E-state index in [0.29, 0.717) is 28.6 Å². The number of nitrogens with zero attached hydrogens (tertiary/aromatic N) is 2. The Morgan fingerprint density at radius 3 is 1.53 bits per heavy atom. The number of aryl methyl sites for hydroxylation is 1. The minimum Gasteiger partial charge on any atom is -0.872 e. The van der Waals surface area contributed by atoms with E-state index < -0.39 is 7.75 Å². The normalized spacial score (nSPS) is 10.3. The number of rotatable bonds is 7. The number of aromatic nitrogens is 1. The number of methoxy groups -OCH3 is 2. The molecule has 0 fully saturated rings. The zero-order valence-electron chi connectivity index (χ0n) is 20.0. The Balaban J connectivity index is 0.000000338. The van der Waals surface area contributed by atoms with E-state index in [2.05, 4.69) is 0 Å². The Morgan fingerprint density at radius 1 is 0.722 bits per heavy atom. The van der Waals surface area contributed by atoms with E-state index >= 15 is 0 Å². The van der Waals surface area contributed by atoms with Crippen molar-refractivity contribution in [3.05, 3.63) is 108 Å². The quantitative estimate of drug-likeness (QED) is 0.325. The van der Waals surface area contributed by atoms with Crippen LogP contribution in [0.3, 0.4) is 0 Å². The highest BCUT2D eigenvalue weighted by atomic mass is 31.2. The van der Waals surface area contributed by atoms with Crippen molar-refractivity contribution in [2.24, 2.45) is 0 Å². The van der Waals surface area contributed by atoms with Crippen LogP contribution in [0.25, 0.3) is 0 Å². The summed E-state index contributed by atoms with van der Waals surface area (Å²) in [6.45, 7) is 1.95. The first-order chi connectivity index (χ1) is 17.3. The summed E-state index contributed by atoms with van der Waals surface area (Å²) >= 11 is 0. The van der Waals surface area contributed by atoms with Crippen LogP contribution >= 0.6 is 7.75 Å². The molecule has 9 heteroatoms. The standard InChI is InChI=1S/C20H21NO5P.C7H5NO/c1-16-12-14-21(15-13-16)27(22,25-19-8-4-17(23-2)5-9-19)26-20-10-6-18(24-3)7-11-20;8-5-6-1-3-7(9)4-2-6/h4-15H,1-3H3;1-4,9H/q+1;/p-1. The molecule has 1 heterocycles. The van der Waals surface area contributed by atoms with E-state index in [-0.39, 0.29) is 5.75 Å². The molecule has 0 amide bonds. The fraction of sp³-hybridized carbons (Fsp3) is 0.111. The monoisotopic (exact) mass is 504 g/mol. The van der Waals surface area contributed by atoms with E-state index in [4.69, 9.17) is 23.8 Å². The van der Waals surface area contributed by atoms with Crippen molar-refractivity contribution < 1.29 is 32.5 Å². The molecule has 4 aromatic rings. The average molecular weight is 504 g/mol. The molecule has 0 saturated heterocycles. The highest BCUT2D eigenvalue weighted by Crippen LogP contribution is 2.44. The molecule has 8 nitrogen and oxygen atoms in total. The van der Waals surface area contributed by atoms with Crippen LogP contribution in [0, 0.1) is 18.3 Å². The first-order valence-electron chi connectivity index (χ1n) is 10.8. The molecule has 1 aromatic heterocycles. The minimum absolute atomic E-state index is 0.0611. The van der Waals surface area contributed by atoms with Crippen molar-refractivity contribution in [1.29, 1.82) is 5.26 Å². The molecule has 0 N–H and O–H groups in total. The maximum absolute atomic E-state index is 13.6. The van der Waals surface area contributed by atoms with E-state index in [1.165, 1.54) is 28.6 Å². The zero-order chi connectivity index (χ0) is 26.0. The number of pyridine rings is 1. The van der Waals surface area contributed by atoms with Gasteiger partial charge in [-0.05, 0) is 73.2 Å². The maximum atomic E-state index is 13.6. The first-order valence-corrected chi connectivity index (χ1v) is 12.3. The van der Waals surface area contributed by atoms with Crippen LogP contribution in [0.5, 0.6) is 28.7 Å². The summed E-state index contributed by atoms with van der Waals surface area (Å²) in [5.41, 5.74) is 1.56. The lowest BCUT2D eigenvalue weighted by atomic mass is 10.2. The lowest BCUT2D eigenvalue weighted by Gasteiger charge is -2.14. The smallest absolute Gasteiger partial charge is 0.728 e. The summed E-state index contributed by atoms with van der Waals surface area (Å²) in [6.07, 6.45) is 3.34. The molecule has 0 atom stereocenters. The SMILES string of the molecule is COc1ccc(OP(=O)(Oc2ccc(OC)cc2)[n+]2ccc(C)cc2)cc1.N#Cc1ccc([O-])cc1. The summed E-state index contributed by atoms with van der Waals surface area (Å²) in [4.78, 5) is 0. The van der Waals surface area contributed by atoms with Crippen molar-refractivity contribution in [3.8, 4) is 34.8 Å². The molecular weight excluding hydrogens is 479 g/mol. The minimum atomic E-state index is -3.75. The number of benzene rings is 3. The molecule has 0 aliphatic heterocycles. The van der Waals surface area contributed by atoms with E-state index in [0.717, 1.165) is 5.56 Å². The van der Waals surface area contributed by atoms with Gasteiger partial charge < -0.3 is 23.6 Å². The molecule has 0 radical (unpaired) electrons. The van der Waals surface area contributed by atoms with Gasteiger partial charge in [0.2, 0.25) is 0 Å². The first kappa shape index (κ1) is 26.1. The molecule has 0 saturated carbocycles. The van der Waals surface area contributed by atoms with Gasteiger partial charge in [0, 0.05) is 12.1 Å². The largest absolute Gasteiger partial charge is 0.872 e. The van der Waals surface area contributed by atoms with E-state index in [1.807, 2.05) is 25.1 Å². The summed E-state index contributed by atoms with van der Waals surface area (Å²) in [6, 6.07) is 25.0. The van der Waals surface area contributed by atoms with Crippen molar-refractivity contribution in [3.63, 3.8) is 0 Å². The van der Waals surface area contributed by atoms with Gasteiger partial charge >= 0.3 is 7.75 Å². The van der Waals surface area contributed by atoms with Gasteiger partial charge in [-0.2, -0.15) is 9.83 Å². The Labute approximate surface area is 210 Å². The Kier molecular flexibility index (Phi) is 8.93. The van der Waals surface area contributed by atoms with Gasteiger partial charge in [0.1, 0.15) is 23.0 Å². The molecule has 0 aliphatic carbocycles. The van der Waals surface area contributed by atoms with E-state index in [9.17, 15) is 9.67 Å². The van der Waals surface area contributed by atoms with Crippen molar-refractivity contribution >= 4 is 7.75 Å². The molecular formula is C27H25N2O6P. The summed E-state index contributed by atoms with van der Waals surface area (Å²) in [5.74, 6) is 2.10. The highest BCUT2D eigenvalue weighted by Gasteiger charge is 2.42. The van der Waals surface area contributed by atoms with Gasteiger partial charge in [-0.25, -0.2) is 0 Å². The van der Waals surface area contributed by atoms with Gasteiger partial charge in [-0.1, -0.05) is 16.5 Å². The third kappa shape index (κ3) is 7.26. The molecule has 3 aromatic carbocycles. The second kappa shape index (κ2) is 12.3. The second-order valence-corrected chi connectivity index (χ2v) is 9.16. The molecule has 4 rings (SSSR count). The van der Waals surface area contributed by atoms with Gasteiger partial charge in [0.15, 0.2) is 12.4 Å². The van der Waals surface area contributed by atoms with Crippen LogP contribution in [0.15, 0.2) is 97.3 Å². The van der Waals surface area contributed by atoms with Crippen molar-refractivity contribution in [2.75, 3.05) is 14.2 Å². The van der Waals surface area contributed by atoms with Crippen LogP contribution in [0.4, 0.5) is 0 Å². The zero-order valence-corrected chi connectivity index (χ0v) is 20.9. The Bertz CT molecular complexity index is 1280. The van der Waals surface area contributed by atoms with Crippen LogP contribution in [-0.4, -0.2) is 14.2 Å². The Hall–Kier alpha value is -4.47. The Morgan fingerprint density at radius 2 is 1.14 bits per heavy atom. The second-order valence-electron chi connectivity index (χ2n) is 7.39. The number of nitriles is 1. The van der Waals surface area contributed by atoms with E-state index in [1.54, 1.807) is 75.1 Å². The summed E-state index contributed by atoms with van der Waals surface area (Å²) < 4.78 is 36.9. The van der Waals surface area contributed by atoms with Crippen molar-refractivity contribution in [1.82, 2.24) is 0 Å². The predicted molar refractivity (Wildman–Crippen MR) is 132 cm³/mol. The van der Waals surface area contributed by atoms with Gasteiger partial charge in [0.25, 0.3) is 0 Å². The summed E-state index contributed by atoms with van der Waals surface area (Å²) in [5, 5.41) is 18.7.